The molecule has 2 aliphatic rings. The minimum absolute atomic E-state index is 0.209. The van der Waals surface area contributed by atoms with Gasteiger partial charge < -0.3 is 14.5 Å². The molecule has 2 heterocycles. The Bertz CT molecular complexity index is 535. The van der Waals surface area contributed by atoms with Crippen LogP contribution in [-0.4, -0.2) is 74.6 Å². The Morgan fingerprint density at radius 3 is 2.42 bits per heavy atom. The van der Waals surface area contributed by atoms with Crippen LogP contribution in [0.25, 0.3) is 0 Å². The average Bonchev–Trinajstić information content (AvgIpc) is 2.33. The summed E-state index contributed by atoms with van der Waals surface area (Å²) in [6, 6.07) is 0. The Morgan fingerprint density at radius 1 is 1.17 bits per heavy atom. The molecule has 0 aromatic rings. The second-order valence-electron chi connectivity index (χ2n) is 8.33. The van der Waals surface area contributed by atoms with E-state index < -0.39 is 15.4 Å². The van der Waals surface area contributed by atoms with E-state index in [4.69, 9.17) is 4.74 Å². The lowest BCUT2D eigenvalue weighted by Gasteiger charge is -2.46. The summed E-state index contributed by atoms with van der Waals surface area (Å²) >= 11 is 0. The van der Waals surface area contributed by atoms with E-state index in [1.54, 1.807) is 4.90 Å². The van der Waals surface area contributed by atoms with Crippen molar-refractivity contribution in [2.75, 3.05) is 44.7 Å². The third-order valence-corrected chi connectivity index (χ3v) is 5.79. The molecule has 140 valence electrons. The van der Waals surface area contributed by atoms with Gasteiger partial charge in [-0.25, -0.2) is 13.2 Å². The predicted octanol–water partition coefficient (Wildman–Crippen LogP) is 2.00. The van der Waals surface area contributed by atoms with Crippen molar-refractivity contribution in [2.45, 2.75) is 45.6 Å². The fourth-order valence-electron chi connectivity index (χ4n) is 3.52. The van der Waals surface area contributed by atoms with E-state index in [0.717, 1.165) is 39.1 Å². The molecule has 1 atom stereocenters. The molecule has 7 heteroatoms. The molecule has 1 unspecified atom stereocenters. The molecule has 0 saturated carbocycles. The van der Waals surface area contributed by atoms with Gasteiger partial charge in [-0.2, -0.15) is 0 Å². The fraction of sp³-hybridized carbons (Fsp3) is 0.941. The number of amides is 1. The van der Waals surface area contributed by atoms with E-state index >= 15 is 0 Å². The van der Waals surface area contributed by atoms with Crippen LogP contribution in [0, 0.1) is 11.8 Å². The number of piperidine rings is 1. The van der Waals surface area contributed by atoms with E-state index in [1.807, 2.05) is 20.8 Å². The zero-order valence-corrected chi connectivity index (χ0v) is 16.3. The predicted molar refractivity (Wildman–Crippen MR) is 94.8 cm³/mol. The molecule has 2 saturated heterocycles. The molecular weight excluding hydrogens is 328 g/mol. The van der Waals surface area contributed by atoms with Gasteiger partial charge in [0.05, 0.1) is 5.75 Å². The lowest BCUT2D eigenvalue weighted by molar-refractivity contribution is -0.0195. The summed E-state index contributed by atoms with van der Waals surface area (Å²) in [4.78, 5) is 16.2. The van der Waals surface area contributed by atoms with Crippen molar-refractivity contribution in [3.63, 3.8) is 0 Å². The largest absolute Gasteiger partial charge is 0.444 e. The first-order valence-corrected chi connectivity index (χ1v) is 11.0. The van der Waals surface area contributed by atoms with Crippen LogP contribution in [0.4, 0.5) is 4.79 Å². The number of likely N-dealkylation sites (tertiary alicyclic amines) is 2. The highest BCUT2D eigenvalue weighted by Gasteiger charge is 2.39. The molecule has 0 bridgehead atoms. The lowest BCUT2D eigenvalue weighted by Crippen LogP contribution is -2.56. The van der Waals surface area contributed by atoms with Gasteiger partial charge in [-0.05, 0) is 65.0 Å². The van der Waals surface area contributed by atoms with E-state index in [1.165, 1.54) is 12.7 Å². The van der Waals surface area contributed by atoms with Gasteiger partial charge in [0.25, 0.3) is 0 Å². The Morgan fingerprint density at radius 2 is 1.83 bits per heavy atom. The van der Waals surface area contributed by atoms with Crippen molar-refractivity contribution in [3.8, 4) is 0 Å². The molecule has 2 rings (SSSR count). The summed E-state index contributed by atoms with van der Waals surface area (Å²) in [5.74, 6) is 1.43. The molecule has 0 aromatic heterocycles. The van der Waals surface area contributed by atoms with Crippen LogP contribution in [0.2, 0.25) is 0 Å². The normalized spacial score (nSPS) is 23.8. The summed E-state index contributed by atoms with van der Waals surface area (Å²) in [7, 11) is -2.86. The van der Waals surface area contributed by atoms with Crippen molar-refractivity contribution >= 4 is 15.9 Å². The summed E-state index contributed by atoms with van der Waals surface area (Å²) in [6.07, 6.45) is 4.16. The minimum Gasteiger partial charge on any atom is -0.444 e. The molecule has 0 spiro atoms. The van der Waals surface area contributed by atoms with Crippen LogP contribution in [0.5, 0.6) is 0 Å². The third-order valence-electron chi connectivity index (χ3n) is 4.76. The highest BCUT2D eigenvalue weighted by molar-refractivity contribution is 7.90. The fourth-order valence-corrected chi connectivity index (χ4v) is 4.17. The Hall–Kier alpha value is -0.820. The van der Waals surface area contributed by atoms with Gasteiger partial charge in [0, 0.05) is 25.9 Å². The molecular formula is C17H32N2O4S. The van der Waals surface area contributed by atoms with Gasteiger partial charge in [0.2, 0.25) is 0 Å². The average molecular weight is 361 g/mol. The van der Waals surface area contributed by atoms with Gasteiger partial charge >= 0.3 is 6.09 Å². The Labute approximate surface area is 146 Å². The number of ether oxygens (including phenoxy) is 1. The van der Waals surface area contributed by atoms with Crippen molar-refractivity contribution in [3.05, 3.63) is 0 Å². The zero-order valence-electron chi connectivity index (χ0n) is 15.5. The zero-order chi connectivity index (χ0) is 18.0. The van der Waals surface area contributed by atoms with Crippen molar-refractivity contribution in [1.29, 1.82) is 0 Å². The monoisotopic (exact) mass is 360 g/mol. The highest BCUT2D eigenvalue weighted by atomic mass is 32.2. The maximum Gasteiger partial charge on any atom is 0.410 e. The maximum absolute atomic E-state index is 12.0. The topological polar surface area (TPSA) is 66.9 Å². The number of nitrogens with zero attached hydrogens (tertiary/aromatic N) is 2. The molecule has 24 heavy (non-hydrogen) atoms. The molecule has 0 radical (unpaired) electrons. The first kappa shape index (κ1) is 19.5. The van der Waals surface area contributed by atoms with Crippen LogP contribution < -0.4 is 0 Å². The summed E-state index contributed by atoms with van der Waals surface area (Å²) in [5.41, 5.74) is -0.441. The van der Waals surface area contributed by atoms with Gasteiger partial charge in [-0.3, -0.25) is 0 Å². The number of hydrogen-bond acceptors (Lipinski definition) is 5. The third kappa shape index (κ3) is 6.24. The van der Waals surface area contributed by atoms with E-state index in [-0.39, 0.29) is 11.8 Å². The molecule has 6 nitrogen and oxygen atoms in total. The van der Waals surface area contributed by atoms with Gasteiger partial charge in [-0.1, -0.05) is 0 Å². The van der Waals surface area contributed by atoms with Gasteiger partial charge in [0.15, 0.2) is 0 Å². The number of hydrogen-bond donors (Lipinski definition) is 0. The molecule has 0 aromatic carbocycles. The lowest BCUT2D eigenvalue weighted by atomic mass is 9.81. The van der Waals surface area contributed by atoms with Gasteiger partial charge in [0.1, 0.15) is 15.4 Å². The second-order valence-corrected chi connectivity index (χ2v) is 10.6. The van der Waals surface area contributed by atoms with Crippen LogP contribution in [-0.2, 0) is 14.6 Å². The van der Waals surface area contributed by atoms with E-state index in [9.17, 15) is 13.2 Å². The Balaban J connectivity index is 1.71. The summed E-state index contributed by atoms with van der Waals surface area (Å²) < 4.78 is 27.9. The first-order valence-electron chi connectivity index (χ1n) is 8.91. The molecule has 0 N–H and O–H groups in total. The first-order chi connectivity index (χ1) is 11.0. The highest BCUT2D eigenvalue weighted by Crippen LogP contribution is 2.31. The SMILES string of the molecule is CC(C)(C)OC(=O)N1CC(C2CCCN(CCCS(C)(=O)=O)C2)C1. The van der Waals surface area contributed by atoms with Crippen LogP contribution in [0.3, 0.4) is 0 Å². The summed E-state index contributed by atoms with van der Waals surface area (Å²) in [5, 5.41) is 0. The smallest absolute Gasteiger partial charge is 0.410 e. The Kier molecular flexibility index (Phi) is 6.18. The van der Waals surface area contributed by atoms with Gasteiger partial charge in [-0.15, -0.1) is 0 Å². The summed E-state index contributed by atoms with van der Waals surface area (Å²) in [6.45, 7) is 10.2. The van der Waals surface area contributed by atoms with Crippen LogP contribution >= 0.6 is 0 Å². The van der Waals surface area contributed by atoms with Crippen LogP contribution in [0.15, 0.2) is 0 Å². The maximum atomic E-state index is 12.0. The molecule has 2 aliphatic heterocycles. The molecule has 2 fully saturated rings. The van der Waals surface area contributed by atoms with E-state index in [2.05, 4.69) is 4.90 Å². The van der Waals surface area contributed by atoms with Crippen molar-refractivity contribution in [1.82, 2.24) is 9.80 Å². The quantitative estimate of drug-likeness (QED) is 0.750. The number of rotatable bonds is 5. The van der Waals surface area contributed by atoms with Crippen LogP contribution in [0.1, 0.15) is 40.0 Å². The van der Waals surface area contributed by atoms with E-state index in [0.29, 0.717) is 18.3 Å². The van der Waals surface area contributed by atoms with Crippen molar-refractivity contribution < 1.29 is 17.9 Å². The number of sulfone groups is 1. The molecule has 1 amide bonds. The second kappa shape index (κ2) is 7.60. The number of carbonyl (C=O) groups excluding carboxylic acids is 1. The molecule has 0 aliphatic carbocycles. The standard InChI is InChI=1S/C17H32N2O4S/c1-17(2,3)23-16(20)19-12-15(13-19)14-7-5-8-18(11-14)9-6-10-24(4,21)22/h14-15H,5-13H2,1-4H3. The van der Waals surface area contributed by atoms with Crippen molar-refractivity contribution in [2.24, 2.45) is 11.8 Å². The minimum atomic E-state index is -2.86. The number of carbonyl (C=O) groups is 1.